The number of nitrogens with zero attached hydrogens (tertiary/aromatic N) is 1. The molecule has 146 valence electrons. The Labute approximate surface area is 163 Å². The van der Waals surface area contributed by atoms with Crippen LogP contribution in [0.25, 0.3) is 0 Å². The highest BCUT2D eigenvalue weighted by molar-refractivity contribution is 5.97. The summed E-state index contributed by atoms with van der Waals surface area (Å²) in [4.78, 5) is 26.6. The van der Waals surface area contributed by atoms with E-state index in [0.29, 0.717) is 17.3 Å². The number of anilines is 1. The Bertz CT molecular complexity index is 585. The summed E-state index contributed by atoms with van der Waals surface area (Å²) in [6.45, 7) is 3.98. The van der Waals surface area contributed by atoms with Crippen molar-refractivity contribution in [3.8, 4) is 0 Å². The molecule has 0 heterocycles. The molecule has 2 amide bonds. The van der Waals surface area contributed by atoms with Crippen molar-refractivity contribution in [2.75, 3.05) is 12.4 Å². The standard InChI is InChI=1S/C20H31N3O2.ClH/c1-4-14(2)18(21)19(24)22-16-12-10-15(11-13-16)20(25)23(3)17-8-6-5-7-9-17;/h10-14,17-18H,4-9,21H2,1-3H3,(H,22,24);1H. The van der Waals surface area contributed by atoms with Gasteiger partial charge < -0.3 is 16.0 Å². The maximum atomic E-state index is 12.6. The first-order chi connectivity index (χ1) is 11.9. The molecule has 1 fully saturated rings. The second-order valence-electron chi connectivity index (χ2n) is 7.19. The molecular weight excluding hydrogens is 350 g/mol. The van der Waals surface area contributed by atoms with Crippen LogP contribution in [-0.4, -0.2) is 35.8 Å². The van der Waals surface area contributed by atoms with Gasteiger partial charge >= 0.3 is 0 Å². The van der Waals surface area contributed by atoms with Crippen molar-refractivity contribution in [1.29, 1.82) is 0 Å². The quantitative estimate of drug-likeness (QED) is 0.786. The Kier molecular flexibility index (Phi) is 9.09. The molecule has 2 rings (SSSR count). The summed E-state index contributed by atoms with van der Waals surface area (Å²) in [5, 5.41) is 2.83. The van der Waals surface area contributed by atoms with Crippen LogP contribution < -0.4 is 11.1 Å². The Morgan fingerprint density at radius 3 is 2.31 bits per heavy atom. The molecular formula is C20H32ClN3O2. The van der Waals surface area contributed by atoms with Gasteiger partial charge in [-0.15, -0.1) is 12.4 Å². The number of hydrogen-bond acceptors (Lipinski definition) is 3. The van der Waals surface area contributed by atoms with Crippen LogP contribution >= 0.6 is 12.4 Å². The molecule has 3 N–H and O–H groups in total. The van der Waals surface area contributed by atoms with Gasteiger partial charge in [0, 0.05) is 24.3 Å². The summed E-state index contributed by atoms with van der Waals surface area (Å²) < 4.78 is 0. The van der Waals surface area contributed by atoms with E-state index >= 15 is 0 Å². The van der Waals surface area contributed by atoms with Crippen LogP contribution in [0, 0.1) is 5.92 Å². The highest BCUT2D eigenvalue weighted by Crippen LogP contribution is 2.23. The van der Waals surface area contributed by atoms with E-state index in [2.05, 4.69) is 5.32 Å². The third kappa shape index (κ3) is 5.71. The van der Waals surface area contributed by atoms with Crippen LogP contribution in [0.15, 0.2) is 24.3 Å². The second-order valence-corrected chi connectivity index (χ2v) is 7.19. The molecule has 0 bridgehead atoms. The first kappa shape index (κ1) is 22.5. The fraction of sp³-hybridized carbons (Fsp3) is 0.600. The third-order valence-electron chi connectivity index (χ3n) is 5.40. The zero-order chi connectivity index (χ0) is 18.4. The van der Waals surface area contributed by atoms with Crippen molar-refractivity contribution in [3.63, 3.8) is 0 Å². The predicted octanol–water partition coefficient (Wildman–Crippen LogP) is 3.83. The number of hydrogen-bond donors (Lipinski definition) is 2. The van der Waals surface area contributed by atoms with Crippen molar-refractivity contribution < 1.29 is 9.59 Å². The Morgan fingerprint density at radius 2 is 1.77 bits per heavy atom. The van der Waals surface area contributed by atoms with Gasteiger partial charge in [-0.2, -0.15) is 0 Å². The molecule has 1 aromatic rings. The molecule has 6 heteroatoms. The van der Waals surface area contributed by atoms with E-state index in [1.54, 1.807) is 24.3 Å². The fourth-order valence-electron chi connectivity index (χ4n) is 3.27. The Morgan fingerprint density at radius 1 is 1.19 bits per heavy atom. The maximum Gasteiger partial charge on any atom is 0.253 e. The lowest BCUT2D eigenvalue weighted by molar-refractivity contribution is -0.118. The summed E-state index contributed by atoms with van der Waals surface area (Å²) in [6.07, 6.45) is 6.70. The molecule has 0 radical (unpaired) electrons. The van der Waals surface area contributed by atoms with Gasteiger partial charge in [-0.25, -0.2) is 0 Å². The predicted molar refractivity (Wildman–Crippen MR) is 109 cm³/mol. The Hall–Kier alpha value is -1.59. The number of carbonyl (C=O) groups is 2. The van der Waals surface area contributed by atoms with Crippen LogP contribution in [-0.2, 0) is 4.79 Å². The highest BCUT2D eigenvalue weighted by atomic mass is 35.5. The minimum Gasteiger partial charge on any atom is -0.339 e. The zero-order valence-corrected chi connectivity index (χ0v) is 16.8. The number of benzene rings is 1. The first-order valence-electron chi connectivity index (χ1n) is 9.37. The van der Waals surface area contributed by atoms with Gasteiger partial charge in [0.15, 0.2) is 0 Å². The van der Waals surface area contributed by atoms with E-state index in [1.165, 1.54) is 19.3 Å². The lowest BCUT2D eigenvalue weighted by Crippen LogP contribution is -2.40. The summed E-state index contributed by atoms with van der Waals surface area (Å²) in [6, 6.07) is 6.89. The van der Waals surface area contributed by atoms with Gasteiger partial charge in [0.1, 0.15) is 0 Å². The summed E-state index contributed by atoms with van der Waals surface area (Å²) >= 11 is 0. The molecule has 0 aromatic heterocycles. The number of nitrogens with two attached hydrogens (primary N) is 1. The van der Waals surface area contributed by atoms with Crippen LogP contribution in [0.4, 0.5) is 5.69 Å². The molecule has 2 atom stereocenters. The van der Waals surface area contributed by atoms with E-state index in [4.69, 9.17) is 5.73 Å². The topological polar surface area (TPSA) is 75.4 Å². The van der Waals surface area contributed by atoms with Gasteiger partial charge in [0.05, 0.1) is 6.04 Å². The van der Waals surface area contributed by atoms with E-state index in [9.17, 15) is 9.59 Å². The van der Waals surface area contributed by atoms with Crippen molar-refractivity contribution in [1.82, 2.24) is 4.90 Å². The van der Waals surface area contributed by atoms with Gasteiger partial charge in [0.2, 0.25) is 5.91 Å². The van der Waals surface area contributed by atoms with Crippen molar-refractivity contribution in [2.24, 2.45) is 11.7 Å². The van der Waals surface area contributed by atoms with Gasteiger partial charge in [-0.1, -0.05) is 39.5 Å². The first-order valence-corrected chi connectivity index (χ1v) is 9.37. The van der Waals surface area contributed by atoms with Crippen molar-refractivity contribution in [3.05, 3.63) is 29.8 Å². The molecule has 1 saturated carbocycles. The van der Waals surface area contributed by atoms with Crippen LogP contribution in [0.1, 0.15) is 62.7 Å². The molecule has 0 spiro atoms. The lowest BCUT2D eigenvalue weighted by Gasteiger charge is -2.31. The SMILES string of the molecule is CCC(C)C(N)C(=O)Nc1ccc(C(=O)N(C)C2CCCCC2)cc1.Cl. The normalized spacial score (nSPS) is 16.9. The molecule has 26 heavy (non-hydrogen) atoms. The van der Waals surface area contributed by atoms with E-state index in [0.717, 1.165) is 19.3 Å². The lowest BCUT2D eigenvalue weighted by atomic mass is 9.94. The molecule has 5 nitrogen and oxygen atoms in total. The number of amides is 2. The van der Waals surface area contributed by atoms with Gasteiger partial charge in [-0.3, -0.25) is 9.59 Å². The minimum atomic E-state index is -0.524. The number of nitrogens with one attached hydrogen (secondary N) is 1. The van der Waals surface area contributed by atoms with Crippen LogP contribution in [0.2, 0.25) is 0 Å². The molecule has 1 aliphatic rings. The maximum absolute atomic E-state index is 12.6. The summed E-state index contributed by atoms with van der Waals surface area (Å²) in [5.74, 6) is -0.0150. The van der Waals surface area contributed by atoms with Crippen LogP contribution in [0.3, 0.4) is 0 Å². The minimum absolute atomic E-state index is 0. The second kappa shape index (κ2) is 10.5. The number of carbonyl (C=O) groups excluding carboxylic acids is 2. The molecule has 2 unspecified atom stereocenters. The van der Waals surface area contributed by atoms with Crippen molar-refractivity contribution in [2.45, 2.75) is 64.5 Å². The molecule has 0 saturated heterocycles. The fourth-order valence-corrected chi connectivity index (χ4v) is 3.27. The summed E-state index contributed by atoms with van der Waals surface area (Å²) in [5.41, 5.74) is 7.26. The Balaban J connectivity index is 0.00000338. The van der Waals surface area contributed by atoms with E-state index < -0.39 is 6.04 Å². The van der Waals surface area contributed by atoms with Crippen LogP contribution in [0.5, 0.6) is 0 Å². The van der Waals surface area contributed by atoms with Gasteiger partial charge in [0.25, 0.3) is 5.91 Å². The summed E-state index contributed by atoms with van der Waals surface area (Å²) in [7, 11) is 1.89. The average Bonchev–Trinajstić information content (AvgIpc) is 2.66. The van der Waals surface area contributed by atoms with Gasteiger partial charge in [-0.05, 0) is 43.0 Å². The smallest absolute Gasteiger partial charge is 0.253 e. The van der Waals surface area contributed by atoms with Crippen molar-refractivity contribution >= 4 is 29.9 Å². The number of rotatable bonds is 6. The largest absolute Gasteiger partial charge is 0.339 e. The molecule has 1 aliphatic carbocycles. The molecule has 0 aliphatic heterocycles. The third-order valence-corrected chi connectivity index (χ3v) is 5.40. The number of halogens is 1. The van der Waals surface area contributed by atoms with E-state index in [-0.39, 0.29) is 30.1 Å². The average molecular weight is 382 g/mol. The zero-order valence-electron chi connectivity index (χ0n) is 16.0. The highest BCUT2D eigenvalue weighted by Gasteiger charge is 2.23. The molecule has 1 aromatic carbocycles. The van der Waals surface area contributed by atoms with E-state index in [1.807, 2.05) is 25.8 Å². The monoisotopic (exact) mass is 381 g/mol.